The number of rotatable bonds is 4. The van der Waals surface area contributed by atoms with Gasteiger partial charge in [0, 0.05) is 31.7 Å². The molecule has 2 rings (SSSR count). The summed E-state index contributed by atoms with van der Waals surface area (Å²) in [4.78, 5) is 8.22. The number of hydrogen-bond donors (Lipinski definition) is 1. The zero-order valence-corrected chi connectivity index (χ0v) is 9.42. The fraction of sp³-hybridized carbons (Fsp3) is 0.273. The molecule has 0 amide bonds. The molecule has 15 heavy (non-hydrogen) atoms. The molecular formula is C11H13N3S. The van der Waals surface area contributed by atoms with Gasteiger partial charge in [0.2, 0.25) is 0 Å². The maximum absolute atomic E-state index is 4.20. The molecular weight excluding hydrogens is 206 g/mol. The maximum Gasteiger partial charge on any atom is 0.0724 e. The third-order valence-corrected chi connectivity index (χ3v) is 3.11. The van der Waals surface area contributed by atoms with Gasteiger partial charge in [-0.05, 0) is 28.8 Å². The van der Waals surface area contributed by atoms with E-state index in [2.05, 4.69) is 33.0 Å². The van der Waals surface area contributed by atoms with Gasteiger partial charge in [-0.3, -0.25) is 9.97 Å². The van der Waals surface area contributed by atoms with Crippen molar-refractivity contribution in [2.75, 3.05) is 0 Å². The second-order valence-electron chi connectivity index (χ2n) is 3.38. The van der Waals surface area contributed by atoms with E-state index in [0.717, 1.165) is 18.8 Å². The Morgan fingerprint density at radius 2 is 2.20 bits per heavy atom. The molecule has 0 aliphatic heterocycles. The van der Waals surface area contributed by atoms with Crippen LogP contribution in [0, 0.1) is 6.92 Å². The molecule has 0 saturated heterocycles. The number of thiophene rings is 1. The molecule has 0 saturated carbocycles. The van der Waals surface area contributed by atoms with E-state index in [1.165, 1.54) is 11.1 Å². The van der Waals surface area contributed by atoms with Crippen LogP contribution < -0.4 is 5.32 Å². The molecule has 2 aromatic rings. The van der Waals surface area contributed by atoms with Crippen molar-refractivity contribution in [3.05, 3.63) is 46.2 Å². The van der Waals surface area contributed by atoms with Crippen molar-refractivity contribution in [3.8, 4) is 0 Å². The topological polar surface area (TPSA) is 37.8 Å². The van der Waals surface area contributed by atoms with Crippen LogP contribution in [0.5, 0.6) is 0 Å². The summed E-state index contributed by atoms with van der Waals surface area (Å²) in [5.74, 6) is 0. The lowest BCUT2D eigenvalue weighted by molar-refractivity contribution is 0.676. The molecule has 78 valence electrons. The summed E-state index contributed by atoms with van der Waals surface area (Å²) in [7, 11) is 0. The van der Waals surface area contributed by atoms with Crippen LogP contribution in [-0.2, 0) is 13.1 Å². The average molecular weight is 219 g/mol. The van der Waals surface area contributed by atoms with E-state index in [9.17, 15) is 0 Å². The average Bonchev–Trinajstić information content (AvgIpc) is 2.66. The molecule has 0 aliphatic carbocycles. The molecule has 0 aliphatic rings. The number of nitrogens with one attached hydrogen (secondary N) is 1. The van der Waals surface area contributed by atoms with Gasteiger partial charge in [-0.2, -0.15) is 11.3 Å². The molecule has 0 unspecified atom stereocenters. The molecule has 0 spiro atoms. The van der Waals surface area contributed by atoms with Crippen LogP contribution in [0.25, 0.3) is 0 Å². The van der Waals surface area contributed by atoms with Crippen LogP contribution in [0.4, 0.5) is 0 Å². The summed E-state index contributed by atoms with van der Waals surface area (Å²) in [6.07, 6.45) is 5.19. The molecule has 2 heterocycles. The van der Waals surface area contributed by atoms with Crippen LogP contribution >= 0.6 is 11.3 Å². The van der Waals surface area contributed by atoms with Crippen molar-refractivity contribution in [1.82, 2.24) is 15.3 Å². The summed E-state index contributed by atoms with van der Waals surface area (Å²) in [6, 6.07) is 0. The lowest BCUT2D eigenvalue weighted by Gasteiger charge is -2.03. The summed E-state index contributed by atoms with van der Waals surface area (Å²) < 4.78 is 0. The zero-order valence-electron chi connectivity index (χ0n) is 8.60. The fourth-order valence-electron chi connectivity index (χ4n) is 1.31. The smallest absolute Gasteiger partial charge is 0.0724 e. The molecule has 4 heteroatoms. The van der Waals surface area contributed by atoms with Crippen LogP contribution in [0.3, 0.4) is 0 Å². The molecule has 0 radical (unpaired) electrons. The van der Waals surface area contributed by atoms with Crippen molar-refractivity contribution in [2.45, 2.75) is 20.0 Å². The first kappa shape index (κ1) is 10.3. The van der Waals surface area contributed by atoms with Gasteiger partial charge in [-0.25, -0.2) is 0 Å². The van der Waals surface area contributed by atoms with Crippen molar-refractivity contribution in [2.24, 2.45) is 0 Å². The number of hydrogen-bond acceptors (Lipinski definition) is 4. The van der Waals surface area contributed by atoms with Crippen molar-refractivity contribution < 1.29 is 0 Å². The highest BCUT2D eigenvalue weighted by molar-refractivity contribution is 7.08. The highest BCUT2D eigenvalue weighted by Crippen LogP contribution is 2.12. The third kappa shape index (κ3) is 2.84. The summed E-state index contributed by atoms with van der Waals surface area (Å²) in [6.45, 7) is 3.80. The molecule has 3 nitrogen and oxygen atoms in total. The van der Waals surface area contributed by atoms with Gasteiger partial charge < -0.3 is 5.32 Å². The zero-order chi connectivity index (χ0) is 10.5. The minimum atomic E-state index is 0.767. The van der Waals surface area contributed by atoms with Gasteiger partial charge in [0.25, 0.3) is 0 Å². The molecule has 0 bridgehead atoms. The fourth-order valence-corrected chi connectivity index (χ4v) is 2.17. The van der Waals surface area contributed by atoms with E-state index in [0.29, 0.717) is 0 Å². The summed E-state index contributed by atoms with van der Waals surface area (Å²) in [5, 5.41) is 7.69. The minimum Gasteiger partial charge on any atom is -0.307 e. The quantitative estimate of drug-likeness (QED) is 0.856. The second-order valence-corrected chi connectivity index (χ2v) is 4.12. The Labute approximate surface area is 93.2 Å². The molecule has 2 aromatic heterocycles. The molecule has 0 fully saturated rings. The van der Waals surface area contributed by atoms with Crippen LogP contribution in [0.1, 0.15) is 16.8 Å². The van der Waals surface area contributed by atoms with Gasteiger partial charge in [0.15, 0.2) is 0 Å². The van der Waals surface area contributed by atoms with Crippen molar-refractivity contribution >= 4 is 11.3 Å². The maximum atomic E-state index is 4.20. The van der Waals surface area contributed by atoms with E-state index < -0.39 is 0 Å². The standard InChI is InChI=1S/C11H13N3S/c1-9-7-15-8-10(9)4-13-6-11-5-12-2-3-14-11/h2-3,5,7-8,13H,4,6H2,1H3. The first-order chi connectivity index (χ1) is 7.36. The normalized spacial score (nSPS) is 10.5. The Morgan fingerprint density at radius 1 is 1.27 bits per heavy atom. The number of aromatic nitrogens is 2. The Kier molecular flexibility index (Phi) is 3.42. The van der Waals surface area contributed by atoms with E-state index >= 15 is 0 Å². The predicted octanol–water partition coefficient (Wildman–Crippen LogP) is 2.14. The van der Waals surface area contributed by atoms with E-state index in [4.69, 9.17) is 0 Å². The van der Waals surface area contributed by atoms with Crippen molar-refractivity contribution in [1.29, 1.82) is 0 Å². The second kappa shape index (κ2) is 5.00. The van der Waals surface area contributed by atoms with Crippen LogP contribution in [-0.4, -0.2) is 9.97 Å². The Hall–Kier alpha value is -1.26. The first-order valence-corrected chi connectivity index (χ1v) is 5.78. The van der Waals surface area contributed by atoms with Crippen LogP contribution in [0.2, 0.25) is 0 Å². The molecule has 1 N–H and O–H groups in total. The lowest BCUT2D eigenvalue weighted by atomic mass is 10.2. The monoisotopic (exact) mass is 219 g/mol. The Bertz CT molecular complexity index is 411. The Balaban J connectivity index is 1.83. The van der Waals surface area contributed by atoms with Gasteiger partial charge in [0.1, 0.15) is 0 Å². The SMILES string of the molecule is Cc1cscc1CNCc1cnccn1. The highest BCUT2D eigenvalue weighted by atomic mass is 32.1. The number of aryl methyl sites for hydroxylation is 1. The van der Waals surface area contributed by atoms with Crippen molar-refractivity contribution in [3.63, 3.8) is 0 Å². The minimum absolute atomic E-state index is 0.767. The summed E-state index contributed by atoms with van der Waals surface area (Å²) in [5.41, 5.74) is 3.70. The Morgan fingerprint density at radius 3 is 2.87 bits per heavy atom. The van der Waals surface area contributed by atoms with Gasteiger partial charge in [-0.1, -0.05) is 0 Å². The van der Waals surface area contributed by atoms with Gasteiger partial charge in [-0.15, -0.1) is 0 Å². The molecule has 0 atom stereocenters. The van der Waals surface area contributed by atoms with E-state index in [1.54, 1.807) is 29.9 Å². The van der Waals surface area contributed by atoms with E-state index in [-0.39, 0.29) is 0 Å². The molecule has 0 aromatic carbocycles. The predicted molar refractivity (Wildman–Crippen MR) is 61.6 cm³/mol. The number of nitrogens with zero attached hydrogens (tertiary/aromatic N) is 2. The summed E-state index contributed by atoms with van der Waals surface area (Å²) >= 11 is 1.74. The largest absolute Gasteiger partial charge is 0.307 e. The highest BCUT2D eigenvalue weighted by Gasteiger charge is 1.98. The van der Waals surface area contributed by atoms with Gasteiger partial charge in [0.05, 0.1) is 5.69 Å². The van der Waals surface area contributed by atoms with Gasteiger partial charge >= 0.3 is 0 Å². The lowest BCUT2D eigenvalue weighted by Crippen LogP contribution is -2.13. The third-order valence-electron chi connectivity index (χ3n) is 2.20. The van der Waals surface area contributed by atoms with E-state index in [1.807, 2.05) is 0 Å². The van der Waals surface area contributed by atoms with Crippen LogP contribution in [0.15, 0.2) is 29.4 Å². The first-order valence-electron chi connectivity index (χ1n) is 4.83.